The normalized spacial score (nSPS) is 13.1. The molecule has 0 spiro atoms. The Kier molecular flexibility index (Phi) is 4.06. The number of pyridine rings is 1. The number of aromatic nitrogens is 4. The van der Waals surface area contributed by atoms with Crippen molar-refractivity contribution in [2.75, 3.05) is 11.9 Å². The van der Waals surface area contributed by atoms with Gasteiger partial charge in [-0.25, -0.2) is 9.97 Å². The largest absolute Gasteiger partial charge is 0.360 e. The predicted molar refractivity (Wildman–Crippen MR) is 111 cm³/mol. The molecule has 6 heteroatoms. The zero-order valence-corrected chi connectivity index (χ0v) is 16.0. The molecule has 0 unspecified atom stereocenters. The summed E-state index contributed by atoms with van der Waals surface area (Å²) in [5.74, 6) is 1.76. The Morgan fingerprint density at radius 1 is 1.11 bits per heavy atom. The van der Waals surface area contributed by atoms with Gasteiger partial charge in [-0.3, -0.25) is 4.98 Å². The SMILES string of the molecule is Cc1cnccc1CN(C)c1nc(-c2c[nH]c3ccccc23)nc2c1CNC2. The summed E-state index contributed by atoms with van der Waals surface area (Å²) >= 11 is 0. The number of aryl methyl sites for hydroxylation is 1. The van der Waals surface area contributed by atoms with Crippen molar-refractivity contribution < 1.29 is 0 Å². The number of H-pyrrole nitrogens is 1. The molecule has 1 aliphatic heterocycles. The fourth-order valence-corrected chi connectivity index (χ4v) is 3.85. The summed E-state index contributed by atoms with van der Waals surface area (Å²) in [6.45, 7) is 4.46. The molecular weight excluding hydrogens is 348 g/mol. The first-order valence-electron chi connectivity index (χ1n) is 9.48. The van der Waals surface area contributed by atoms with Crippen molar-refractivity contribution in [3.8, 4) is 11.4 Å². The van der Waals surface area contributed by atoms with Crippen LogP contribution in [0.5, 0.6) is 0 Å². The quantitative estimate of drug-likeness (QED) is 0.575. The molecule has 1 aromatic carbocycles. The highest BCUT2D eigenvalue weighted by Crippen LogP contribution is 2.31. The van der Waals surface area contributed by atoms with E-state index in [-0.39, 0.29) is 0 Å². The van der Waals surface area contributed by atoms with Gasteiger partial charge in [-0.15, -0.1) is 0 Å². The Balaban J connectivity index is 1.59. The van der Waals surface area contributed by atoms with Gasteiger partial charge in [-0.05, 0) is 30.2 Å². The first-order valence-corrected chi connectivity index (χ1v) is 9.48. The van der Waals surface area contributed by atoms with Crippen LogP contribution in [0.15, 0.2) is 48.9 Å². The zero-order valence-electron chi connectivity index (χ0n) is 16.0. The molecule has 6 nitrogen and oxygen atoms in total. The predicted octanol–water partition coefficient (Wildman–Crippen LogP) is 3.57. The minimum absolute atomic E-state index is 0.771. The van der Waals surface area contributed by atoms with E-state index in [0.29, 0.717) is 0 Å². The number of anilines is 1. The van der Waals surface area contributed by atoms with Crippen molar-refractivity contribution in [2.45, 2.75) is 26.6 Å². The van der Waals surface area contributed by atoms with Gasteiger partial charge in [-0.1, -0.05) is 18.2 Å². The molecule has 0 fully saturated rings. The molecule has 0 saturated heterocycles. The standard InChI is InChI=1S/C22H22N6/c1-14-9-23-8-7-15(14)13-28(2)22-18-10-24-12-20(18)26-21(27-22)17-11-25-19-6-4-3-5-16(17)19/h3-9,11,24-25H,10,12-13H2,1-2H3. The fraction of sp³-hybridized carbons (Fsp3) is 0.227. The van der Waals surface area contributed by atoms with E-state index < -0.39 is 0 Å². The van der Waals surface area contributed by atoms with Crippen molar-refractivity contribution in [1.82, 2.24) is 25.3 Å². The van der Waals surface area contributed by atoms with Crippen LogP contribution in [0.4, 0.5) is 5.82 Å². The van der Waals surface area contributed by atoms with E-state index in [9.17, 15) is 0 Å². The van der Waals surface area contributed by atoms with Gasteiger partial charge in [0.2, 0.25) is 0 Å². The zero-order chi connectivity index (χ0) is 19.1. The summed E-state index contributed by atoms with van der Waals surface area (Å²) < 4.78 is 0. The molecule has 2 N–H and O–H groups in total. The molecule has 0 saturated carbocycles. The van der Waals surface area contributed by atoms with Crippen molar-refractivity contribution in [3.05, 3.63) is 71.3 Å². The molecular formula is C22H22N6. The maximum Gasteiger partial charge on any atom is 0.163 e. The number of hydrogen-bond acceptors (Lipinski definition) is 5. The van der Waals surface area contributed by atoms with E-state index in [1.807, 2.05) is 30.7 Å². The number of benzene rings is 1. The number of aromatic amines is 1. The van der Waals surface area contributed by atoms with Gasteiger partial charge in [0, 0.05) is 67.3 Å². The van der Waals surface area contributed by atoms with Crippen LogP contribution >= 0.6 is 0 Å². The summed E-state index contributed by atoms with van der Waals surface area (Å²) in [6.07, 6.45) is 5.76. The minimum atomic E-state index is 0.771. The van der Waals surface area contributed by atoms with E-state index in [2.05, 4.69) is 52.4 Å². The summed E-state index contributed by atoms with van der Waals surface area (Å²) in [5, 5.41) is 4.57. The number of para-hydroxylation sites is 1. The molecule has 4 aromatic rings. The summed E-state index contributed by atoms with van der Waals surface area (Å²) in [4.78, 5) is 19.6. The lowest BCUT2D eigenvalue weighted by molar-refractivity contribution is 0.756. The Labute approximate surface area is 163 Å². The molecule has 1 aliphatic rings. The third-order valence-corrected chi connectivity index (χ3v) is 5.40. The van der Waals surface area contributed by atoms with Gasteiger partial charge in [0.15, 0.2) is 5.82 Å². The maximum absolute atomic E-state index is 5.00. The van der Waals surface area contributed by atoms with E-state index in [1.54, 1.807) is 0 Å². The molecule has 0 amide bonds. The fourth-order valence-electron chi connectivity index (χ4n) is 3.85. The molecule has 5 rings (SSSR count). The second-order valence-corrected chi connectivity index (χ2v) is 7.31. The van der Waals surface area contributed by atoms with Crippen LogP contribution in [-0.4, -0.2) is 27.0 Å². The molecule has 4 heterocycles. The van der Waals surface area contributed by atoms with Gasteiger partial charge in [0.1, 0.15) is 5.82 Å². The number of rotatable bonds is 4. The summed E-state index contributed by atoms with van der Waals surface area (Å²) in [6, 6.07) is 10.3. The highest BCUT2D eigenvalue weighted by atomic mass is 15.2. The monoisotopic (exact) mass is 370 g/mol. The molecule has 28 heavy (non-hydrogen) atoms. The Morgan fingerprint density at radius 2 is 2.00 bits per heavy atom. The Bertz CT molecular complexity index is 1160. The van der Waals surface area contributed by atoms with Crippen LogP contribution in [0, 0.1) is 6.92 Å². The van der Waals surface area contributed by atoms with Gasteiger partial charge in [0.05, 0.1) is 5.69 Å². The minimum Gasteiger partial charge on any atom is -0.360 e. The van der Waals surface area contributed by atoms with E-state index in [4.69, 9.17) is 9.97 Å². The molecule has 0 radical (unpaired) electrons. The number of hydrogen-bond donors (Lipinski definition) is 2. The van der Waals surface area contributed by atoms with E-state index >= 15 is 0 Å². The number of nitrogens with one attached hydrogen (secondary N) is 2. The molecule has 0 atom stereocenters. The third-order valence-electron chi connectivity index (χ3n) is 5.40. The average molecular weight is 370 g/mol. The molecule has 0 aliphatic carbocycles. The topological polar surface area (TPSA) is 69.7 Å². The Hall–Kier alpha value is -3.25. The maximum atomic E-state index is 5.00. The van der Waals surface area contributed by atoms with Gasteiger partial charge >= 0.3 is 0 Å². The first-order chi connectivity index (χ1) is 13.7. The highest BCUT2D eigenvalue weighted by molar-refractivity contribution is 5.93. The van der Waals surface area contributed by atoms with Crippen LogP contribution in [0.25, 0.3) is 22.3 Å². The second kappa shape index (κ2) is 6.73. The van der Waals surface area contributed by atoms with Crippen LogP contribution in [0.2, 0.25) is 0 Å². The average Bonchev–Trinajstić information content (AvgIpc) is 3.35. The lowest BCUT2D eigenvalue weighted by Gasteiger charge is -2.22. The van der Waals surface area contributed by atoms with E-state index in [0.717, 1.165) is 53.4 Å². The van der Waals surface area contributed by atoms with Crippen molar-refractivity contribution in [2.24, 2.45) is 0 Å². The van der Waals surface area contributed by atoms with E-state index in [1.165, 1.54) is 16.7 Å². The molecule has 3 aromatic heterocycles. The first kappa shape index (κ1) is 16.9. The summed E-state index contributed by atoms with van der Waals surface area (Å²) in [5.41, 5.74) is 6.86. The van der Waals surface area contributed by atoms with Gasteiger partial charge in [-0.2, -0.15) is 0 Å². The van der Waals surface area contributed by atoms with Crippen LogP contribution in [0.3, 0.4) is 0 Å². The second-order valence-electron chi connectivity index (χ2n) is 7.31. The molecule has 0 bridgehead atoms. The number of nitrogens with zero attached hydrogens (tertiary/aromatic N) is 4. The van der Waals surface area contributed by atoms with Crippen molar-refractivity contribution >= 4 is 16.7 Å². The van der Waals surface area contributed by atoms with Crippen LogP contribution in [-0.2, 0) is 19.6 Å². The van der Waals surface area contributed by atoms with Crippen LogP contribution < -0.4 is 10.2 Å². The van der Waals surface area contributed by atoms with Gasteiger partial charge < -0.3 is 15.2 Å². The van der Waals surface area contributed by atoms with Crippen LogP contribution in [0.1, 0.15) is 22.4 Å². The Morgan fingerprint density at radius 3 is 2.89 bits per heavy atom. The van der Waals surface area contributed by atoms with Gasteiger partial charge in [0.25, 0.3) is 0 Å². The smallest absolute Gasteiger partial charge is 0.163 e. The van der Waals surface area contributed by atoms with Crippen molar-refractivity contribution in [3.63, 3.8) is 0 Å². The third kappa shape index (κ3) is 2.82. The molecule has 140 valence electrons. The summed E-state index contributed by atoms with van der Waals surface area (Å²) in [7, 11) is 2.10. The highest BCUT2D eigenvalue weighted by Gasteiger charge is 2.23. The van der Waals surface area contributed by atoms with Crippen molar-refractivity contribution in [1.29, 1.82) is 0 Å². The lowest BCUT2D eigenvalue weighted by atomic mass is 10.1. The number of fused-ring (bicyclic) bond motifs is 2. The lowest BCUT2D eigenvalue weighted by Crippen LogP contribution is -2.21.